The van der Waals surface area contributed by atoms with Crippen molar-refractivity contribution in [3.8, 4) is 11.5 Å². The number of anilines is 1. The van der Waals surface area contributed by atoms with Crippen molar-refractivity contribution in [3.05, 3.63) is 71.1 Å². The van der Waals surface area contributed by atoms with Gasteiger partial charge in [-0.05, 0) is 49.2 Å². The minimum Gasteiger partial charge on any atom is -0.455 e. The minimum absolute atomic E-state index is 0.130. The number of carbonyl (C=O) groups is 1. The summed E-state index contributed by atoms with van der Waals surface area (Å²) >= 11 is 6.93. The molecule has 31 heavy (non-hydrogen) atoms. The summed E-state index contributed by atoms with van der Waals surface area (Å²) in [5.74, 6) is 0.501. The van der Waals surface area contributed by atoms with Crippen LogP contribution < -0.4 is 10.1 Å². The van der Waals surface area contributed by atoms with E-state index >= 15 is 0 Å². The van der Waals surface area contributed by atoms with Gasteiger partial charge in [0.1, 0.15) is 9.96 Å². The number of sulfonamides is 1. The van der Waals surface area contributed by atoms with Crippen molar-refractivity contribution in [3.63, 3.8) is 0 Å². The molecule has 0 saturated carbocycles. The van der Waals surface area contributed by atoms with Gasteiger partial charge in [0.05, 0.1) is 15.9 Å². The fourth-order valence-electron chi connectivity index (χ4n) is 3.45. The number of thiophene rings is 1. The zero-order valence-electron chi connectivity index (χ0n) is 16.5. The van der Waals surface area contributed by atoms with Gasteiger partial charge in [0.25, 0.3) is 10.0 Å². The van der Waals surface area contributed by atoms with E-state index in [1.165, 1.54) is 10.4 Å². The van der Waals surface area contributed by atoms with Crippen molar-refractivity contribution >= 4 is 44.6 Å². The highest BCUT2D eigenvalue weighted by Gasteiger charge is 2.34. The number of hydrogen-bond acceptors (Lipinski definition) is 5. The molecule has 1 aliphatic rings. The van der Waals surface area contributed by atoms with E-state index in [2.05, 4.69) is 5.32 Å². The molecule has 4 rings (SSSR count). The molecule has 0 bridgehead atoms. The van der Waals surface area contributed by atoms with Crippen LogP contribution in [0.25, 0.3) is 0 Å². The van der Waals surface area contributed by atoms with Gasteiger partial charge in [-0.25, -0.2) is 8.42 Å². The predicted octanol–water partition coefficient (Wildman–Crippen LogP) is 5.23. The molecule has 0 radical (unpaired) electrons. The van der Waals surface area contributed by atoms with E-state index in [1.54, 1.807) is 18.2 Å². The summed E-state index contributed by atoms with van der Waals surface area (Å²) in [5, 5.41) is 2.91. The molecule has 0 aliphatic carbocycles. The van der Waals surface area contributed by atoms with Gasteiger partial charge in [-0.2, -0.15) is 4.31 Å². The zero-order valence-corrected chi connectivity index (χ0v) is 18.9. The fourth-order valence-corrected chi connectivity index (χ4v) is 6.61. The number of nitrogens with zero attached hydrogens (tertiary/aromatic N) is 1. The predicted molar refractivity (Wildman–Crippen MR) is 122 cm³/mol. The molecule has 1 saturated heterocycles. The Hall–Kier alpha value is -2.39. The maximum absolute atomic E-state index is 13.0. The van der Waals surface area contributed by atoms with E-state index in [-0.39, 0.29) is 16.7 Å². The van der Waals surface area contributed by atoms with Crippen molar-refractivity contribution < 1.29 is 17.9 Å². The number of nitrogens with one attached hydrogen (secondary N) is 1. The number of carbonyl (C=O) groups excluding carboxylic acids is 1. The summed E-state index contributed by atoms with van der Waals surface area (Å²) in [6, 6.07) is 19.6. The summed E-state index contributed by atoms with van der Waals surface area (Å²) in [7, 11) is -3.67. The first-order valence-corrected chi connectivity index (χ1v) is 12.5. The second-order valence-corrected chi connectivity index (χ2v) is 11.0. The first-order chi connectivity index (χ1) is 14.9. The number of piperidine rings is 1. The highest BCUT2D eigenvalue weighted by atomic mass is 35.5. The third kappa shape index (κ3) is 5.10. The lowest BCUT2D eigenvalue weighted by Crippen LogP contribution is -2.43. The Morgan fingerprint density at radius 1 is 1.06 bits per heavy atom. The molecule has 162 valence electrons. The van der Waals surface area contributed by atoms with Crippen LogP contribution in [0.3, 0.4) is 0 Å². The Morgan fingerprint density at radius 3 is 2.55 bits per heavy atom. The number of para-hydroxylation sites is 3. The van der Waals surface area contributed by atoms with Crippen LogP contribution in [0.15, 0.2) is 70.9 Å². The number of hydrogen-bond donors (Lipinski definition) is 1. The molecular formula is C22H21ClN2O4S2. The van der Waals surface area contributed by atoms with Crippen LogP contribution in [0.1, 0.15) is 12.8 Å². The summed E-state index contributed by atoms with van der Waals surface area (Å²) in [6.45, 7) is 0.515. The van der Waals surface area contributed by atoms with Crippen molar-refractivity contribution in [2.24, 2.45) is 5.92 Å². The molecule has 2 heterocycles. The zero-order chi connectivity index (χ0) is 21.8. The Kier molecular flexibility index (Phi) is 6.62. The van der Waals surface area contributed by atoms with Crippen LogP contribution in [0.2, 0.25) is 4.34 Å². The van der Waals surface area contributed by atoms with E-state index in [0.29, 0.717) is 40.9 Å². The second-order valence-electron chi connectivity index (χ2n) is 7.16. The molecule has 2 aromatic carbocycles. The van der Waals surface area contributed by atoms with Gasteiger partial charge in [-0.15, -0.1) is 11.3 Å². The van der Waals surface area contributed by atoms with Gasteiger partial charge in [0, 0.05) is 13.1 Å². The van der Waals surface area contributed by atoms with Crippen LogP contribution in [-0.2, 0) is 14.8 Å². The highest BCUT2D eigenvalue weighted by Crippen LogP contribution is 2.32. The average Bonchev–Trinajstić information content (AvgIpc) is 3.23. The van der Waals surface area contributed by atoms with Gasteiger partial charge in [-0.3, -0.25) is 4.79 Å². The van der Waals surface area contributed by atoms with Crippen LogP contribution in [-0.4, -0.2) is 31.7 Å². The van der Waals surface area contributed by atoms with E-state index in [1.807, 2.05) is 42.5 Å². The molecule has 1 fully saturated rings. The second kappa shape index (κ2) is 9.40. The largest absolute Gasteiger partial charge is 0.455 e. The molecule has 6 nitrogen and oxygen atoms in total. The molecule has 1 N–H and O–H groups in total. The van der Waals surface area contributed by atoms with Gasteiger partial charge >= 0.3 is 0 Å². The molecule has 3 aromatic rings. The molecule has 1 aliphatic heterocycles. The third-order valence-electron chi connectivity index (χ3n) is 5.01. The Balaban J connectivity index is 1.47. The van der Waals surface area contributed by atoms with Gasteiger partial charge in [-0.1, -0.05) is 41.9 Å². The monoisotopic (exact) mass is 476 g/mol. The Labute approximate surface area is 190 Å². The first kappa shape index (κ1) is 21.8. The lowest BCUT2D eigenvalue weighted by molar-refractivity contribution is -0.120. The number of benzene rings is 2. The topological polar surface area (TPSA) is 75.7 Å². The summed E-state index contributed by atoms with van der Waals surface area (Å²) in [6.07, 6.45) is 1.23. The maximum Gasteiger partial charge on any atom is 0.252 e. The molecule has 0 spiro atoms. The molecule has 1 unspecified atom stereocenters. The first-order valence-electron chi connectivity index (χ1n) is 9.82. The van der Waals surface area contributed by atoms with E-state index < -0.39 is 15.9 Å². The smallest absolute Gasteiger partial charge is 0.252 e. The van der Waals surface area contributed by atoms with Crippen molar-refractivity contribution in [2.75, 3.05) is 18.4 Å². The normalized spacial score (nSPS) is 17.3. The summed E-state index contributed by atoms with van der Waals surface area (Å²) in [4.78, 5) is 13.0. The molecular weight excluding hydrogens is 456 g/mol. The average molecular weight is 477 g/mol. The molecule has 1 aromatic heterocycles. The number of rotatable bonds is 6. The Bertz CT molecular complexity index is 1170. The number of ether oxygens (including phenoxy) is 1. The van der Waals surface area contributed by atoms with Crippen LogP contribution in [0, 0.1) is 5.92 Å². The summed E-state index contributed by atoms with van der Waals surface area (Å²) in [5.41, 5.74) is 0.543. The molecule has 1 amide bonds. The van der Waals surface area contributed by atoms with E-state index in [4.69, 9.17) is 16.3 Å². The fraction of sp³-hybridized carbons (Fsp3) is 0.227. The van der Waals surface area contributed by atoms with E-state index in [0.717, 1.165) is 11.3 Å². The third-order valence-corrected chi connectivity index (χ3v) is 8.58. The maximum atomic E-state index is 13.0. The molecule has 1 atom stereocenters. The number of amides is 1. The molecule has 9 heteroatoms. The lowest BCUT2D eigenvalue weighted by atomic mass is 9.98. The van der Waals surface area contributed by atoms with Crippen molar-refractivity contribution in [1.29, 1.82) is 0 Å². The standard InChI is InChI=1S/C22H21ClN2O4S2/c23-20-12-13-21(30-20)31(27,28)25-14-6-7-16(15-25)22(26)24-18-10-4-5-11-19(18)29-17-8-2-1-3-9-17/h1-5,8-13,16H,6-7,14-15H2,(H,24,26). The minimum atomic E-state index is -3.67. The quantitative estimate of drug-likeness (QED) is 0.528. The van der Waals surface area contributed by atoms with Crippen LogP contribution in [0.4, 0.5) is 5.69 Å². The van der Waals surface area contributed by atoms with E-state index in [9.17, 15) is 13.2 Å². The van der Waals surface area contributed by atoms with Gasteiger partial charge in [0.15, 0.2) is 5.75 Å². The summed E-state index contributed by atoms with van der Waals surface area (Å²) < 4.78 is 33.7. The van der Waals surface area contributed by atoms with Crippen LogP contribution in [0.5, 0.6) is 11.5 Å². The highest BCUT2D eigenvalue weighted by molar-refractivity contribution is 7.91. The van der Waals surface area contributed by atoms with Gasteiger partial charge in [0.2, 0.25) is 5.91 Å². The SMILES string of the molecule is O=C(Nc1ccccc1Oc1ccccc1)C1CCCN(S(=O)(=O)c2ccc(Cl)s2)C1. The Morgan fingerprint density at radius 2 is 1.81 bits per heavy atom. The number of halogens is 1. The van der Waals surface area contributed by atoms with Crippen molar-refractivity contribution in [2.45, 2.75) is 17.1 Å². The van der Waals surface area contributed by atoms with Gasteiger partial charge < -0.3 is 10.1 Å². The van der Waals surface area contributed by atoms with Crippen LogP contribution >= 0.6 is 22.9 Å². The lowest BCUT2D eigenvalue weighted by Gasteiger charge is -2.30. The van der Waals surface area contributed by atoms with Crippen molar-refractivity contribution in [1.82, 2.24) is 4.31 Å².